The number of aromatic nitrogens is 1. The number of fused-ring (bicyclic) bond motifs is 1. The van der Waals surface area contributed by atoms with Gasteiger partial charge in [0, 0.05) is 29.2 Å². The Morgan fingerprint density at radius 3 is 2.89 bits per heavy atom. The predicted octanol–water partition coefficient (Wildman–Crippen LogP) is 1.62. The molecule has 0 spiro atoms. The second-order valence-electron chi connectivity index (χ2n) is 4.19. The maximum absolute atomic E-state index is 12.0. The number of carboxylic acid groups (broad SMARTS) is 1. The fraction of sp³-hybridized carbons (Fsp3) is 0.231. The lowest BCUT2D eigenvalue weighted by molar-refractivity contribution is -0.140. The van der Waals surface area contributed by atoms with Crippen molar-refractivity contribution in [3.8, 4) is 0 Å². The van der Waals surface area contributed by atoms with Crippen molar-refractivity contribution in [2.24, 2.45) is 5.92 Å². The Balaban J connectivity index is 2.14. The summed E-state index contributed by atoms with van der Waals surface area (Å²) in [5.74, 6) is -1.78. The Morgan fingerprint density at radius 2 is 2.17 bits per heavy atom. The molecule has 2 aromatic rings. The van der Waals surface area contributed by atoms with Gasteiger partial charge in [0.2, 0.25) is 0 Å². The Morgan fingerprint density at radius 1 is 1.39 bits per heavy atom. The molecule has 1 aromatic carbocycles. The summed E-state index contributed by atoms with van der Waals surface area (Å²) >= 11 is 0. The van der Waals surface area contributed by atoms with Crippen molar-refractivity contribution in [2.45, 2.75) is 6.92 Å². The highest BCUT2D eigenvalue weighted by atomic mass is 16.4. The SMILES string of the molecule is CC(CNC(=O)c1cccc2[nH]ccc12)C(=O)O. The number of carbonyl (C=O) groups is 2. The highest BCUT2D eigenvalue weighted by Crippen LogP contribution is 2.17. The first-order valence-electron chi connectivity index (χ1n) is 5.66. The number of H-pyrrole nitrogens is 1. The van der Waals surface area contributed by atoms with Crippen molar-refractivity contribution in [1.82, 2.24) is 10.3 Å². The Labute approximate surface area is 104 Å². The second-order valence-corrected chi connectivity index (χ2v) is 4.19. The van der Waals surface area contributed by atoms with E-state index in [4.69, 9.17) is 5.11 Å². The molecule has 0 saturated heterocycles. The normalized spacial score (nSPS) is 12.3. The Kier molecular flexibility index (Phi) is 3.32. The average molecular weight is 246 g/mol. The zero-order chi connectivity index (χ0) is 13.1. The average Bonchev–Trinajstić information content (AvgIpc) is 2.83. The molecule has 0 aliphatic carbocycles. The fourth-order valence-corrected chi connectivity index (χ4v) is 1.71. The Bertz CT molecular complexity index is 589. The van der Waals surface area contributed by atoms with Gasteiger partial charge in [0.1, 0.15) is 0 Å². The number of rotatable bonds is 4. The highest BCUT2D eigenvalue weighted by molar-refractivity contribution is 6.06. The monoisotopic (exact) mass is 246 g/mol. The van der Waals surface area contributed by atoms with E-state index in [9.17, 15) is 9.59 Å². The van der Waals surface area contributed by atoms with Crippen LogP contribution in [0.1, 0.15) is 17.3 Å². The number of aliphatic carboxylic acids is 1. The smallest absolute Gasteiger partial charge is 0.308 e. The van der Waals surface area contributed by atoms with Crippen LogP contribution in [-0.2, 0) is 4.79 Å². The summed E-state index contributed by atoms with van der Waals surface area (Å²) in [7, 11) is 0. The van der Waals surface area contributed by atoms with Crippen LogP contribution in [0.4, 0.5) is 0 Å². The molecule has 5 nitrogen and oxygen atoms in total. The van der Waals surface area contributed by atoms with E-state index < -0.39 is 11.9 Å². The van der Waals surface area contributed by atoms with Crippen molar-refractivity contribution >= 4 is 22.8 Å². The van der Waals surface area contributed by atoms with Crippen molar-refractivity contribution in [3.63, 3.8) is 0 Å². The topological polar surface area (TPSA) is 82.2 Å². The van der Waals surface area contributed by atoms with Crippen LogP contribution in [0.15, 0.2) is 30.5 Å². The number of amides is 1. The van der Waals surface area contributed by atoms with Gasteiger partial charge in [-0.05, 0) is 18.2 Å². The van der Waals surface area contributed by atoms with Crippen molar-refractivity contribution < 1.29 is 14.7 Å². The largest absolute Gasteiger partial charge is 0.481 e. The number of aromatic amines is 1. The van der Waals surface area contributed by atoms with Crippen LogP contribution in [0.3, 0.4) is 0 Å². The third-order valence-electron chi connectivity index (χ3n) is 2.83. The van der Waals surface area contributed by atoms with E-state index in [-0.39, 0.29) is 12.5 Å². The number of nitrogens with one attached hydrogen (secondary N) is 2. The van der Waals surface area contributed by atoms with Crippen LogP contribution in [0, 0.1) is 5.92 Å². The highest BCUT2D eigenvalue weighted by Gasteiger charge is 2.14. The number of hydrogen-bond acceptors (Lipinski definition) is 2. The minimum atomic E-state index is -0.921. The van der Waals surface area contributed by atoms with Crippen LogP contribution >= 0.6 is 0 Å². The molecule has 0 aliphatic heterocycles. The molecular weight excluding hydrogens is 232 g/mol. The van der Waals surface area contributed by atoms with E-state index in [1.54, 1.807) is 25.3 Å². The molecule has 0 saturated carbocycles. The first-order chi connectivity index (χ1) is 8.59. The molecule has 5 heteroatoms. The molecule has 1 aromatic heterocycles. The molecule has 94 valence electrons. The number of hydrogen-bond donors (Lipinski definition) is 3. The minimum absolute atomic E-state index is 0.120. The molecule has 0 aliphatic rings. The molecule has 0 fully saturated rings. The van der Waals surface area contributed by atoms with Gasteiger partial charge in [-0.25, -0.2) is 0 Å². The molecule has 3 N–H and O–H groups in total. The van der Waals surface area contributed by atoms with E-state index in [2.05, 4.69) is 10.3 Å². The third-order valence-corrected chi connectivity index (χ3v) is 2.83. The van der Waals surface area contributed by atoms with Crippen molar-refractivity contribution in [1.29, 1.82) is 0 Å². The predicted molar refractivity (Wildman–Crippen MR) is 67.4 cm³/mol. The molecule has 18 heavy (non-hydrogen) atoms. The van der Waals surface area contributed by atoms with E-state index in [1.807, 2.05) is 12.1 Å². The Hall–Kier alpha value is -2.30. The first kappa shape index (κ1) is 12.2. The number of carbonyl (C=O) groups excluding carboxylic acids is 1. The van der Waals surface area contributed by atoms with Gasteiger partial charge < -0.3 is 15.4 Å². The van der Waals surface area contributed by atoms with Gasteiger partial charge >= 0.3 is 5.97 Å². The van der Waals surface area contributed by atoms with Gasteiger partial charge in [-0.3, -0.25) is 9.59 Å². The summed E-state index contributed by atoms with van der Waals surface area (Å²) in [5.41, 5.74) is 1.43. The molecule has 1 heterocycles. The van der Waals surface area contributed by atoms with E-state index in [0.717, 1.165) is 10.9 Å². The minimum Gasteiger partial charge on any atom is -0.481 e. The lowest BCUT2D eigenvalue weighted by Crippen LogP contribution is -2.31. The molecule has 0 radical (unpaired) electrons. The summed E-state index contributed by atoms with van der Waals surface area (Å²) in [4.78, 5) is 25.7. The van der Waals surface area contributed by atoms with Crippen LogP contribution in [0.25, 0.3) is 10.9 Å². The van der Waals surface area contributed by atoms with E-state index >= 15 is 0 Å². The summed E-state index contributed by atoms with van der Waals surface area (Å²) in [6, 6.07) is 7.21. The third kappa shape index (κ3) is 2.34. The van der Waals surface area contributed by atoms with Crippen molar-refractivity contribution in [3.05, 3.63) is 36.0 Å². The molecule has 1 unspecified atom stereocenters. The molecule has 1 atom stereocenters. The van der Waals surface area contributed by atoms with Crippen LogP contribution in [0.5, 0.6) is 0 Å². The van der Waals surface area contributed by atoms with Gasteiger partial charge in [0.25, 0.3) is 5.91 Å². The zero-order valence-corrected chi connectivity index (χ0v) is 9.93. The maximum Gasteiger partial charge on any atom is 0.308 e. The summed E-state index contributed by atoms with van der Waals surface area (Å²) < 4.78 is 0. The van der Waals surface area contributed by atoms with Gasteiger partial charge in [-0.1, -0.05) is 13.0 Å². The van der Waals surface area contributed by atoms with Gasteiger partial charge in [-0.2, -0.15) is 0 Å². The van der Waals surface area contributed by atoms with Gasteiger partial charge in [0.05, 0.1) is 5.92 Å². The number of benzene rings is 1. The molecule has 2 rings (SSSR count). The van der Waals surface area contributed by atoms with Crippen LogP contribution in [-0.4, -0.2) is 28.5 Å². The van der Waals surface area contributed by atoms with Gasteiger partial charge in [-0.15, -0.1) is 0 Å². The standard InChI is InChI=1S/C13H14N2O3/c1-8(13(17)18)7-15-12(16)10-3-2-4-11-9(10)5-6-14-11/h2-6,8,14H,7H2,1H3,(H,15,16)(H,17,18). The van der Waals surface area contributed by atoms with Crippen LogP contribution < -0.4 is 5.32 Å². The second kappa shape index (κ2) is 4.91. The number of carboxylic acids is 1. The summed E-state index contributed by atoms with van der Waals surface area (Å²) in [6.07, 6.45) is 1.77. The van der Waals surface area contributed by atoms with Gasteiger partial charge in [0.15, 0.2) is 0 Å². The lowest BCUT2D eigenvalue weighted by atomic mass is 10.1. The maximum atomic E-state index is 12.0. The zero-order valence-electron chi connectivity index (χ0n) is 9.93. The summed E-state index contributed by atoms with van der Waals surface area (Å²) in [6.45, 7) is 1.68. The molecule has 1 amide bonds. The van der Waals surface area contributed by atoms with E-state index in [1.165, 1.54) is 0 Å². The summed E-state index contributed by atoms with van der Waals surface area (Å²) in [5, 5.41) is 12.2. The van der Waals surface area contributed by atoms with Crippen LogP contribution in [0.2, 0.25) is 0 Å². The first-order valence-corrected chi connectivity index (χ1v) is 5.66. The molecular formula is C13H14N2O3. The van der Waals surface area contributed by atoms with E-state index in [0.29, 0.717) is 5.56 Å². The molecule has 0 bridgehead atoms. The lowest BCUT2D eigenvalue weighted by Gasteiger charge is -2.09. The quantitative estimate of drug-likeness (QED) is 0.766. The van der Waals surface area contributed by atoms with Crippen molar-refractivity contribution in [2.75, 3.05) is 6.54 Å². The fourth-order valence-electron chi connectivity index (χ4n) is 1.71.